The van der Waals surface area contributed by atoms with Gasteiger partial charge in [0.05, 0.1) is 0 Å². The van der Waals surface area contributed by atoms with Gasteiger partial charge in [0.1, 0.15) is 0 Å². The van der Waals surface area contributed by atoms with Crippen LogP contribution < -0.4 is 0 Å². The van der Waals surface area contributed by atoms with Crippen molar-refractivity contribution >= 4 is 0 Å². The second kappa shape index (κ2) is 7.51. The van der Waals surface area contributed by atoms with E-state index in [1.165, 1.54) is 45.1 Å². The second-order valence-electron chi connectivity index (χ2n) is 8.71. The highest BCUT2D eigenvalue weighted by Crippen LogP contribution is 2.33. The van der Waals surface area contributed by atoms with Gasteiger partial charge in [-0.25, -0.2) is 0 Å². The van der Waals surface area contributed by atoms with Gasteiger partial charge in [-0.1, -0.05) is 53.2 Å². The fourth-order valence-electron chi connectivity index (χ4n) is 3.00. The zero-order chi connectivity index (χ0) is 16.1. The van der Waals surface area contributed by atoms with Crippen LogP contribution in [0.2, 0.25) is 0 Å². The monoisotopic (exact) mass is 291 g/mol. The third-order valence-corrected chi connectivity index (χ3v) is 4.55. The van der Waals surface area contributed by atoms with Gasteiger partial charge in [-0.15, -0.1) is 0 Å². The van der Waals surface area contributed by atoms with E-state index in [2.05, 4.69) is 65.8 Å². The molecule has 1 aliphatic heterocycles. The van der Waals surface area contributed by atoms with Gasteiger partial charge in [0, 0.05) is 13.6 Å². The largest absolute Gasteiger partial charge is 0.380 e. The predicted molar refractivity (Wildman–Crippen MR) is 95.4 cm³/mol. The Balaban J connectivity index is 0.000000211. The second-order valence-corrected chi connectivity index (χ2v) is 8.71. The topological polar surface area (TPSA) is 3.24 Å². The van der Waals surface area contributed by atoms with Crippen LogP contribution in [0.25, 0.3) is 0 Å². The molecule has 1 heterocycles. The Morgan fingerprint density at radius 2 is 1.38 bits per heavy atom. The van der Waals surface area contributed by atoms with Crippen LogP contribution in [0.5, 0.6) is 0 Å². The smallest absolute Gasteiger partial charge is 0.0172 e. The molecule has 0 spiro atoms. The molecule has 0 radical (unpaired) electrons. The molecule has 0 saturated heterocycles. The molecule has 0 aromatic rings. The van der Waals surface area contributed by atoms with E-state index in [1.807, 2.05) is 0 Å². The maximum atomic E-state index is 2.43. The van der Waals surface area contributed by atoms with Crippen LogP contribution in [0.3, 0.4) is 0 Å². The summed E-state index contributed by atoms with van der Waals surface area (Å²) in [5.41, 5.74) is 4.06. The Morgan fingerprint density at radius 3 is 1.71 bits per heavy atom. The molecule has 1 nitrogen and oxygen atoms in total. The molecule has 0 saturated carbocycles. The molecule has 2 aliphatic rings. The van der Waals surface area contributed by atoms with Crippen LogP contribution in [-0.2, 0) is 0 Å². The molecule has 122 valence electrons. The third kappa shape index (κ3) is 6.72. The highest BCUT2D eigenvalue weighted by atomic mass is 15.1. The van der Waals surface area contributed by atoms with Crippen LogP contribution in [0.4, 0.5) is 0 Å². The highest BCUT2D eigenvalue weighted by molar-refractivity contribution is 5.13. The van der Waals surface area contributed by atoms with Gasteiger partial charge in [0.2, 0.25) is 0 Å². The van der Waals surface area contributed by atoms with Crippen LogP contribution >= 0.6 is 0 Å². The van der Waals surface area contributed by atoms with Crippen LogP contribution in [0, 0.1) is 10.8 Å². The lowest BCUT2D eigenvalue weighted by molar-refractivity contribution is 0.368. The van der Waals surface area contributed by atoms with Crippen molar-refractivity contribution in [2.75, 3.05) is 13.6 Å². The molecular formula is C20H37N. The lowest BCUT2D eigenvalue weighted by atomic mass is 9.80. The lowest BCUT2D eigenvalue weighted by Gasteiger charge is -2.30. The van der Waals surface area contributed by atoms with Crippen LogP contribution in [-0.4, -0.2) is 18.5 Å². The molecule has 1 heteroatoms. The molecule has 0 N–H and O–H groups in total. The number of nitrogens with zero attached hydrogens (tertiary/aromatic N) is 1. The molecule has 0 aromatic carbocycles. The normalized spacial score (nSPS) is 20.2. The molecule has 0 atom stereocenters. The fraction of sp³-hybridized carbons (Fsp3) is 0.800. The van der Waals surface area contributed by atoms with Crippen molar-refractivity contribution in [3.8, 4) is 0 Å². The molecule has 1 aliphatic carbocycles. The summed E-state index contributed by atoms with van der Waals surface area (Å²) in [7, 11) is 2.16. The average molecular weight is 292 g/mol. The van der Waals surface area contributed by atoms with Crippen molar-refractivity contribution in [2.45, 2.75) is 80.1 Å². The summed E-state index contributed by atoms with van der Waals surface area (Å²) in [5, 5.41) is 0. The van der Waals surface area contributed by atoms with Gasteiger partial charge in [0.15, 0.2) is 0 Å². The summed E-state index contributed by atoms with van der Waals surface area (Å²) in [6.07, 6.45) is 12.8. The molecule has 21 heavy (non-hydrogen) atoms. The van der Waals surface area contributed by atoms with Gasteiger partial charge in [-0.2, -0.15) is 0 Å². The number of hydrogen-bond acceptors (Lipinski definition) is 1. The van der Waals surface area contributed by atoms with Crippen molar-refractivity contribution in [3.05, 3.63) is 23.4 Å². The minimum Gasteiger partial charge on any atom is -0.380 e. The molecule has 0 amide bonds. The molecule has 0 fully saturated rings. The Bertz CT molecular complexity index is 374. The summed E-state index contributed by atoms with van der Waals surface area (Å²) >= 11 is 0. The maximum absolute atomic E-state index is 2.43. The van der Waals surface area contributed by atoms with Crippen molar-refractivity contribution < 1.29 is 0 Å². The lowest BCUT2D eigenvalue weighted by Crippen LogP contribution is -2.23. The zero-order valence-electron chi connectivity index (χ0n) is 15.6. The standard InChI is InChI=1S/C10H19N.C10H18/c1-10(2,3)9-6-5-7-11(4)8-9;1-10(2,3)9-7-5-4-6-8-9/h8H,5-7H2,1-4H3;7H,4-6,8H2,1-3H3. The summed E-state index contributed by atoms with van der Waals surface area (Å²) < 4.78 is 0. The number of hydrogen-bond donors (Lipinski definition) is 0. The summed E-state index contributed by atoms with van der Waals surface area (Å²) in [4.78, 5) is 2.30. The third-order valence-electron chi connectivity index (χ3n) is 4.55. The maximum Gasteiger partial charge on any atom is 0.0172 e. The van der Waals surface area contributed by atoms with Crippen molar-refractivity contribution in [3.63, 3.8) is 0 Å². The van der Waals surface area contributed by atoms with E-state index in [4.69, 9.17) is 0 Å². The van der Waals surface area contributed by atoms with Crippen molar-refractivity contribution in [2.24, 2.45) is 10.8 Å². The van der Waals surface area contributed by atoms with Crippen molar-refractivity contribution in [1.82, 2.24) is 4.90 Å². The van der Waals surface area contributed by atoms with E-state index in [-0.39, 0.29) is 0 Å². The Kier molecular flexibility index (Phi) is 6.56. The number of rotatable bonds is 0. The first-order valence-corrected chi connectivity index (χ1v) is 8.71. The summed E-state index contributed by atoms with van der Waals surface area (Å²) in [5.74, 6) is 0. The molecular weight excluding hydrogens is 254 g/mol. The molecule has 0 aromatic heterocycles. The van der Waals surface area contributed by atoms with E-state index >= 15 is 0 Å². The SMILES string of the molecule is CC(C)(C)C1=CCCCC1.CN1C=C(C(C)(C)C)CCC1. The molecule has 0 bridgehead atoms. The molecule has 2 rings (SSSR count). The Morgan fingerprint density at radius 1 is 0.810 bits per heavy atom. The van der Waals surface area contributed by atoms with Gasteiger partial charge >= 0.3 is 0 Å². The van der Waals surface area contributed by atoms with E-state index in [0.717, 1.165) is 0 Å². The first-order chi connectivity index (χ1) is 9.60. The van der Waals surface area contributed by atoms with Gasteiger partial charge in [-0.05, 0) is 61.1 Å². The van der Waals surface area contributed by atoms with Crippen LogP contribution in [0.1, 0.15) is 80.1 Å². The minimum atomic E-state index is 0.370. The zero-order valence-corrected chi connectivity index (χ0v) is 15.6. The van der Waals surface area contributed by atoms with Crippen molar-refractivity contribution in [1.29, 1.82) is 0 Å². The van der Waals surface area contributed by atoms with Crippen LogP contribution in [0.15, 0.2) is 23.4 Å². The van der Waals surface area contributed by atoms with Gasteiger partial charge < -0.3 is 4.90 Å². The summed E-state index contributed by atoms with van der Waals surface area (Å²) in [6, 6.07) is 0. The van der Waals surface area contributed by atoms with E-state index in [1.54, 1.807) is 11.1 Å². The number of allylic oxidation sites excluding steroid dienone is 3. The van der Waals surface area contributed by atoms with E-state index in [0.29, 0.717) is 10.8 Å². The summed E-state index contributed by atoms with van der Waals surface area (Å²) in [6.45, 7) is 15.0. The fourth-order valence-corrected chi connectivity index (χ4v) is 3.00. The van der Waals surface area contributed by atoms with E-state index < -0.39 is 0 Å². The quantitative estimate of drug-likeness (QED) is 0.482. The average Bonchev–Trinajstić information content (AvgIpc) is 2.38. The Hall–Kier alpha value is -0.720. The first-order valence-electron chi connectivity index (χ1n) is 8.71. The van der Waals surface area contributed by atoms with Gasteiger partial charge in [-0.3, -0.25) is 0 Å². The Labute approximate surface area is 133 Å². The van der Waals surface area contributed by atoms with E-state index in [9.17, 15) is 0 Å². The first kappa shape index (κ1) is 18.3. The highest BCUT2D eigenvalue weighted by Gasteiger charge is 2.19. The van der Waals surface area contributed by atoms with Gasteiger partial charge in [0.25, 0.3) is 0 Å². The minimum absolute atomic E-state index is 0.370. The predicted octanol–water partition coefficient (Wildman–Crippen LogP) is 6.17. The molecule has 0 unspecified atom stereocenters.